The maximum Gasteiger partial charge on any atom is 0.407 e. The van der Waals surface area contributed by atoms with Gasteiger partial charge in [-0.15, -0.1) is 0 Å². The molecule has 0 aliphatic carbocycles. The van der Waals surface area contributed by atoms with Gasteiger partial charge in [-0.3, -0.25) is 0 Å². The number of ether oxygens (including phenoxy) is 1. The predicted octanol–water partition coefficient (Wildman–Crippen LogP) is 2.81. The fourth-order valence-electron chi connectivity index (χ4n) is 1.37. The Morgan fingerprint density at radius 2 is 2.05 bits per heavy atom. The van der Waals surface area contributed by atoms with Crippen molar-refractivity contribution in [1.82, 2.24) is 5.32 Å². The van der Waals surface area contributed by atoms with Crippen molar-refractivity contribution in [1.29, 1.82) is 0 Å². The zero-order valence-electron chi connectivity index (χ0n) is 11.4. The summed E-state index contributed by atoms with van der Waals surface area (Å²) >= 11 is 2.21. The number of halogens is 1. The number of hydrogen-bond acceptors (Lipinski definition) is 4. The number of nitrogens with one attached hydrogen (secondary N) is 2. The quantitative estimate of drug-likeness (QED) is 0.429. The molecule has 1 rings (SSSR count). The van der Waals surface area contributed by atoms with Crippen molar-refractivity contribution in [2.75, 3.05) is 24.1 Å². The van der Waals surface area contributed by atoms with Gasteiger partial charge in [0.25, 0.3) is 0 Å². The highest BCUT2D eigenvalue weighted by molar-refractivity contribution is 14.1. The van der Waals surface area contributed by atoms with E-state index in [2.05, 4.69) is 33.2 Å². The molecule has 4 N–H and O–H groups in total. The number of nitrogen functional groups attached to an aromatic ring is 1. The lowest BCUT2D eigenvalue weighted by atomic mass is 10.2. The second-order valence-corrected chi connectivity index (χ2v) is 6.33. The Bertz CT molecular complexity index is 444. The third kappa shape index (κ3) is 6.51. The fourth-order valence-corrected chi connectivity index (χ4v) is 1.89. The summed E-state index contributed by atoms with van der Waals surface area (Å²) in [5.74, 6) is 0. The van der Waals surface area contributed by atoms with E-state index in [9.17, 15) is 4.79 Å². The molecule has 1 amide bonds. The molecule has 0 aliphatic rings. The molecule has 1 aromatic carbocycles. The van der Waals surface area contributed by atoms with Gasteiger partial charge in [0, 0.05) is 16.7 Å². The minimum absolute atomic E-state index is 0.412. The number of carbonyl (C=O) groups is 1. The molecule has 0 aromatic heterocycles. The van der Waals surface area contributed by atoms with Crippen LogP contribution in [0.4, 0.5) is 16.2 Å². The van der Waals surface area contributed by atoms with E-state index in [0.29, 0.717) is 18.8 Å². The topological polar surface area (TPSA) is 76.4 Å². The molecule has 0 fully saturated rings. The third-order valence-electron chi connectivity index (χ3n) is 2.12. The first-order valence-corrected chi connectivity index (χ1v) is 7.11. The van der Waals surface area contributed by atoms with Crippen LogP contribution < -0.4 is 16.4 Å². The average molecular weight is 377 g/mol. The molecule has 0 atom stereocenters. The van der Waals surface area contributed by atoms with Crippen LogP contribution in [0.15, 0.2) is 18.2 Å². The summed E-state index contributed by atoms with van der Waals surface area (Å²) in [5.41, 5.74) is 6.96. The summed E-state index contributed by atoms with van der Waals surface area (Å²) in [7, 11) is 0. The number of rotatable bonds is 4. The van der Waals surface area contributed by atoms with E-state index < -0.39 is 11.7 Å². The van der Waals surface area contributed by atoms with E-state index in [-0.39, 0.29) is 0 Å². The van der Waals surface area contributed by atoms with E-state index in [1.54, 1.807) is 0 Å². The van der Waals surface area contributed by atoms with E-state index in [1.165, 1.54) is 0 Å². The van der Waals surface area contributed by atoms with Crippen molar-refractivity contribution in [3.8, 4) is 0 Å². The minimum Gasteiger partial charge on any atom is -0.444 e. The summed E-state index contributed by atoms with van der Waals surface area (Å²) < 4.78 is 6.22. The third-order valence-corrected chi connectivity index (χ3v) is 2.79. The molecule has 0 spiro atoms. The SMILES string of the molecule is CC(C)(C)OC(=O)NCCNc1ccc(I)cc1N. The first kappa shape index (κ1) is 15.9. The number of carbonyl (C=O) groups excluding carboxylic acids is 1. The Morgan fingerprint density at radius 3 is 2.63 bits per heavy atom. The standard InChI is InChI=1S/C13H20IN3O2/c1-13(2,3)19-12(18)17-7-6-16-11-5-4-9(14)8-10(11)15/h4-5,8,16H,6-7,15H2,1-3H3,(H,17,18). The van der Waals surface area contributed by atoms with Crippen LogP contribution in [0.5, 0.6) is 0 Å². The monoisotopic (exact) mass is 377 g/mol. The van der Waals surface area contributed by atoms with Gasteiger partial charge < -0.3 is 21.1 Å². The molecule has 0 aliphatic heterocycles. The normalized spacial score (nSPS) is 10.9. The van der Waals surface area contributed by atoms with Crippen LogP contribution in [0.1, 0.15) is 20.8 Å². The van der Waals surface area contributed by atoms with Gasteiger partial charge in [0.05, 0.1) is 11.4 Å². The smallest absolute Gasteiger partial charge is 0.407 e. The largest absolute Gasteiger partial charge is 0.444 e. The summed E-state index contributed by atoms with van der Waals surface area (Å²) in [4.78, 5) is 11.4. The molecule has 0 heterocycles. The van der Waals surface area contributed by atoms with Crippen LogP contribution in [0.2, 0.25) is 0 Å². The summed E-state index contributed by atoms with van der Waals surface area (Å²) in [6.07, 6.45) is -0.412. The van der Waals surface area contributed by atoms with Crippen LogP contribution >= 0.6 is 22.6 Å². The lowest BCUT2D eigenvalue weighted by molar-refractivity contribution is 0.0530. The second kappa shape index (κ2) is 6.83. The number of nitrogens with two attached hydrogens (primary N) is 1. The molecule has 0 saturated carbocycles. The van der Waals surface area contributed by atoms with Crippen molar-refractivity contribution in [2.24, 2.45) is 0 Å². The number of anilines is 2. The number of amides is 1. The Labute approximate surface area is 127 Å². The zero-order chi connectivity index (χ0) is 14.5. The molecule has 0 bridgehead atoms. The molecule has 19 heavy (non-hydrogen) atoms. The van der Waals surface area contributed by atoms with E-state index in [0.717, 1.165) is 9.26 Å². The zero-order valence-corrected chi connectivity index (χ0v) is 13.6. The second-order valence-electron chi connectivity index (χ2n) is 5.09. The van der Waals surface area contributed by atoms with Gasteiger partial charge in [0.1, 0.15) is 5.60 Å². The molecular weight excluding hydrogens is 357 g/mol. The van der Waals surface area contributed by atoms with Crippen molar-refractivity contribution in [3.05, 3.63) is 21.8 Å². The molecule has 0 saturated heterocycles. The number of alkyl carbamates (subject to hydrolysis) is 1. The fraction of sp³-hybridized carbons (Fsp3) is 0.462. The van der Waals surface area contributed by atoms with Crippen molar-refractivity contribution in [2.45, 2.75) is 26.4 Å². The van der Waals surface area contributed by atoms with Gasteiger partial charge in [-0.25, -0.2) is 4.79 Å². The lowest BCUT2D eigenvalue weighted by Crippen LogP contribution is -2.35. The number of benzene rings is 1. The highest BCUT2D eigenvalue weighted by Crippen LogP contribution is 2.20. The highest BCUT2D eigenvalue weighted by Gasteiger charge is 2.15. The molecule has 6 heteroatoms. The van der Waals surface area contributed by atoms with Gasteiger partial charge in [-0.1, -0.05) is 0 Å². The first-order chi connectivity index (χ1) is 8.78. The van der Waals surface area contributed by atoms with Gasteiger partial charge in [-0.2, -0.15) is 0 Å². The number of hydrogen-bond donors (Lipinski definition) is 3. The van der Waals surface area contributed by atoms with Gasteiger partial charge >= 0.3 is 6.09 Å². The highest BCUT2D eigenvalue weighted by atomic mass is 127. The van der Waals surface area contributed by atoms with Crippen molar-refractivity contribution in [3.63, 3.8) is 0 Å². The van der Waals surface area contributed by atoms with Crippen LogP contribution in [0.3, 0.4) is 0 Å². The summed E-state index contributed by atoms with van der Waals surface area (Å²) in [5, 5.41) is 5.83. The Kier molecular flexibility index (Phi) is 5.71. The summed E-state index contributed by atoms with van der Waals surface area (Å²) in [6, 6.07) is 5.79. The molecule has 0 radical (unpaired) electrons. The average Bonchev–Trinajstić information content (AvgIpc) is 2.24. The van der Waals surface area contributed by atoms with E-state index >= 15 is 0 Å². The molecule has 0 unspecified atom stereocenters. The van der Waals surface area contributed by atoms with Crippen LogP contribution in [0.25, 0.3) is 0 Å². The van der Waals surface area contributed by atoms with Gasteiger partial charge in [0.2, 0.25) is 0 Å². The maximum atomic E-state index is 11.4. The maximum absolute atomic E-state index is 11.4. The first-order valence-electron chi connectivity index (χ1n) is 6.04. The Hall–Kier alpha value is -1.18. The molecule has 1 aromatic rings. The predicted molar refractivity (Wildman–Crippen MR) is 86.3 cm³/mol. The summed E-state index contributed by atoms with van der Waals surface area (Å²) in [6.45, 7) is 6.55. The molecule has 106 valence electrons. The molecular formula is C13H20IN3O2. The van der Waals surface area contributed by atoms with Gasteiger partial charge in [0.15, 0.2) is 0 Å². The van der Waals surface area contributed by atoms with Crippen LogP contribution in [-0.2, 0) is 4.74 Å². The van der Waals surface area contributed by atoms with E-state index in [4.69, 9.17) is 10.5 Å². The van der Waals surface area contributed by atoms with Crippen molar-refractivity contribution < 1.29 is 9.53 Å². The van der Waals surface area contributed by atoms with Gasteiger partial charge in [-0.05, 0) is 61.6 Å². The lowest BCUT2D eigenvalue weighted by Gasteiger charge is -2.19. The molecule has 5 nitrogen and oxygen atoms in total. The minimum atomic E-state index is -0.474. The van der Waals surface area contributed by atoms with Crippen molar-refractivity contribution >= 4 is 40.1 Å². The van der Waals surface area contributed by atoms with E-state index in [1.807, 2.05) is 39.0 Å². The van der Waals surface area contributed by atoms with Crippen LogP contribution in [-0.4, -0.2) is 24.8 Å². The Morgan fingerprint density at radius 1 is 1.37 bits per heavy atom. The Balaban J connectivity index is 2.29. The van der Waals surface area contributed by atoms with Crippen LogP contribution in [0, 0.1) is 3.57 Å².